The number of rotatable bonds is 4. The minimum atomic E-state index is -0.243. The van der Waals surface area contributed by atoms with Crippen LogP contribution in [0.2, 0.25) is 0 Å². The Morgan fingerprint density at radius 3 is 2.35 bits per heavy atom. The Hall–Kier alpha value is -2.85. The first-order valence-corrected chi connectivity index (χ1v) is 7.47. The molecule has 0 unspecified atom stereocenters. The first-order chi connectivity index (χ1) is 11.3. The first-order valence-electron chi connectivity index (χ1n) is 7.47. The SMILES string of the molecule is O=C(NCc1ccc(CO)cc1)Nc1cccc2ccccc12. The molecule has 0 aliphatic heterocycles. The molecular weight excluding hydrogens is 288 g/mol. The molecule has 0 radical (unpaired) electrons. The number of hydrogen-bond donors (Lipinski definition) is 3. The Kier molecular flexibility index (Phi) is 4.54. The van der Waals surface area contributed by atoms with E-state index in [2.05, 4.69) is 10.6 Å². The molecule has 3 aromatic rings. The summed E-state index contributed by atoms with van der Waals surface area (Å²) in [7, 11) is 0. The van der Waals surface area contributed by atoms with Crippen LogP contribution in [0.15, 0.2) is 66.7 Å². The Morgan fingerprint density at radius 2 is 1.57 bits per heavy atom. The van der Waals surface area contributed by atoms with Gasteiger partial charge in [-0.2, -0.15) is 0 Å². The van der Waals surface area contributed by atoms with Gasteiger partial charge in [0.15, 0.2) is 0 Å². The third kappa shape index (κ3) is 3.67. The number of amides is 2. The van der Waals surface area contributed by atoms with Gasteiger partial charge in [0.2, 0.25) is 0 Å². The van der Waals surface area contributed by atoms with Gasteiger partial charge in [-0.05, 0) is 22.6 Å². The molecule has 0 saturated heterocycles. The second-order valence-corrected chi connectivity index (χ2v) is 5.31. The minimum absolute atomic E-state index is 0.0231. The summed E-state index contributed by atoms with van der Waals surface area (Å²) in [4.78, 5) is 12.1. The third-order valence-electron chi connectivity index (χ3n) is 3.70. The zero-order chi connectivity index (χ0) is 16.1. The van der Waals surface area contributed by atoms with E-state index >= 15 is 0 Å². The van der Waals surface area contributed by atoms with Crippen molar-refractivity contribution in [2.45, 2.75) is 13.2 Å². The summed E-state index contributed by atoms with van der Waals surface area (Å²) in [6.45, 7) is 0.456. The van der Waals surface area contributed by atoms with E-state index in [4.69, 9.17) is 5.11 Å². The van der Waals surface area contributed by atoms with Gasteiger partial charge in [-0.15, -0.1) is 0 Å². The normalized spacial score (nSPS) is 10.5. The topological polar surface area (TPSA) is 61.4 Å². The number of aliphatic hydroxyl groups is 1. The van der Waals surface area contributed by atoms with E-state index in [0.29, 0.717) is 6.54 Å². The van der Waals surface area contributed by atoms with E-state index in [1.165, 1.54) is 0 Å². The highest BCUT2D eigenvalue weighted by Crippen LogP contribution is 2.22. The second-order valence-electron chi connectivity index (χ2n) is 5.31. The molecule has 3 rings (SSSR count). The summed E-state index contributed by atoms with van der Waals surface area (Å²) in [6, 6.07) is 21.0. The van der Waals surface area contributed by atoms with Crippen molar-refractivity contribution < 1.29 is 9.90 Å². The van der Waals surface area contributed by atoms with E-state index in [9.17, 15) is 4.79 Å². The zero-order valence-corrected chi connectivity index (χ0v) is 12.6. The van der Waals surface area contributed by atoms with Crippen molar-refractivity contribution >= 4 is 22.5 Å². The molecule has 0 fully saturated rings. The summed E-state index contributed by atoms with van der Waals surface area (Å²) in [5.41, 5.74) is 2.63. The van der Waals surface area contributed by atoms with Crippen molar-refractivity contribution in [1.82, 2.24) is 5.32 Å². The maximum atomic E-state index is 12.1. The van der Waals surface area contributed by atoms with Crippen LogP contribution in [0.25, 0.3) is 10.8 Å². The van der Waals surface area contributed by atoms with E-state index in [1.807, 2.05) is 66.7 Å². The van der Waals surface area contributed by atoms with Crippen LogP contribution in [0.4, 0.5) is 10.5 Å². The molecule has 0 spiro atoms. The highest BCUT2D eigenvalue weighted by atomic mass is 16.3. The van der Waals surface area contributed by atoms with Crippen molar-refractivity contribution in [2.24, 2.45) is 0 Å². The van der Waals surface area contributed by atoms with Gasteiger partial charge in [0.05, 0.1) is 12.3 Å². The number of urea groups is 1. The monoisotopic (exact) mass is 306 g/mol. The van der Waals surface area contributed by atoms with Gasteiger partial charge in [-0.3, -0.25) is 0 Å². The Morgan fingerprint density at radius 1 is 0.870 bits per heavy atom. The van der Waals surface area contributed by atoms with E-state index in [-0.39, 0.29) is 12.6 Å². The number of benzene rings is 3. The van der Waals surface area contributed by atoms with Gasteiger partial charge in [0, 0.05) is 11.9 Å². The molecule has 4 heteroatoms. The largest absolute Gasteiger partial charge is 0.392 e. The van der Waals surface area contributed by atoms with Crippen LogP contribution in [0.1, 0.15) is 11.1 Å². The predicted octanol–water partition coefficient (Wildman–Crippen LogP) is 3.65. The fourth-order valence-corrected chi connectivity index (χ4v) is 2.45. The number of carbonyl (C=O) groups is 1. The lowest BCUT2D eigenvalue weighted by atomic mass is 10.1. The molecule has 0 bridgehead atoms. The maximum Gasteiger partial charge on any atom is 0.319 e. The van der Waals surface area contributed by atoms with Crippen LogP contribution < -0.4 is 10.6 Å². The molecule has 0 aliphatic carbocycles. The van der Waals surface area contributed by atoms with Crippen molar-refractivity contribution in [3.63, 3.8) is 0 Å². The molecular formula is C19H18N2O2. The van der Waals surface area contributed by atoms with Crippen LogP contribution in [0.3, 0.4) is 0 Å². The molecule has 0 aromatic heterocycles. The molecule has 0 aliphatic rings. The van der Waals surface area contributed by atoms with E-state index < -0.39 is 0 Å². The van der Waals surface area contributed by atoms with Crippen LogP contribution in [0.5, 0.6) is 0 Å². The van der Waals surface area contributed by atoms with Crippen molar-refractivity contribution in [3.8, 4) is 0 Å². The molecule has 0 saturated carbocycles. The van der Waals surface area contributed by atoms with Crippen LogP contribution in [-0.4, -0.2) is 11.1 Å². The Bertz CT molecular complexity index is 808. The fraction of sp³-hybridized carbons (Fsp3) is 0.105. The van der Waals surface area contributed by atoms with Crippen LogP contribution in [0, 0.1) is 0 Å². The average Bonchev–Trinajstić information content (AvgIpc) is 2.61. The van der Waals surface area contributed by atoms with Gasteiger partial charge < -0.3 is 15.7 Å². The van der Waals surface area contributed by atoms with Crippen molar-refractivity contribution in [1.29, 1.82) is 0 Å². The smallest absolute Gasteiger partial charge is 0.319 e. The quantitative estimate of drug-likeness (QED) is 0.689. The minimum Gasteiger partial charge on any atom is -0.392 e. The van der Waals surface area contributed by atoms with Crippen LogP contribution >= 0.6 is 0 Å². The molecule has 0 atom stereocenters. The highest BCUT2D eigenvalue weighted by Gasteiger charge is 2.05. The number of anilines is 1. The molecule has 3 aromatic carbocycles. The summed E-state index contributed by atoms with van der Waals surface area (Å²) >= 11 is 0. The second kappa shape index (κ2) is 6.94. The van der Waals surface area contributed by atoms with Crippen molar-refractivity contribution in [2.75, 3.05) is 5.32 Å². The van der Waals surface area contributed by atoms with E-state index in [0.717, 1.165) is 27.6 Å². The summed E-state index contributed by atoms with van der Waals surface area (Å²) in [5.74, 6) is 0. The molecule has 0 heterocycles. The average molecular weight is 306 g/mol. The highest BCUT2D eigenvalue weighted by molar-refractivity contribution is 6.01. The number of carbonyl (C=O) groups excluding carboxylic acids is 1. The van der Waals surface area contributed by atoms with Gasteiger partial charge in [-0.25, -0.2) is 4.79 Å². The van der Waals surface area contributed by atoms with Gasteiger partial charge >= 0.3 is 6.03 Å². The first kappa shape index (κ1) is 15.1. The molecule has 3 N–H and O–H groups in total. The molecule has 2 amide bonds. The predicted molar refractivity (Wildman–Crippen MR) is 92.2 cm³/mol. The molecule has 23 heavy (non-hydrogen) atoms. The number of fused-ring (bicyclic) bond motifs is 1. The Labute approximate surface area is 134 Å². The lowest BCUT2D eigenvalue weighted by Gasteiger charge is -2.10. The van der Waals surface area contributed by atoms with Gasteiger partial charge in [0.25, 0.3) is 0 Å². The lowest BCUT2D eigenvalue weighted by molar-refractivity contribution is 0.251. The third-order valence-corrected chi connectivity index (χ3v) is 3.70. The van der Waals surface area contributed by atoms with Crippen LogP contribution in [-0.2, 0) is 13.2 Å². The summed E-state index contributed by atoms with van der Waals surface area (Å²) in [6.07, 6.45) is 0. The number of aliphatic hydroxyl groups excluding tert-OH is 1. The van der Waals surface area contributed by atoms with Gasteiger partial charge in [0.1, 0.15) is 0 Å². The zero-order valence-electron chi connectivity index (χ0n) is 12.6. The van der Waals surface area contributed by atoms with Crippen molar-refractivity contribution in [3.05, 3.63) is 77.9 Å². The fourth-order valence-electron chi connectivity index (χ4n) is 2.45. The van der Waals surface area contributed by atoms with E-state index in [1.54, 1.807) is 0 Å². The molecule has 116 valence electrons. The van der Waals surface area contributed by atoms with Gasteiger partial charge in [-0.1, -0.05) is 60.7 Å². The maximum absolute atomic E-state index is 12.1. The summed E-state index contributed by atoms with van der Waals surface area (Å²) in [5, 5.41) is 16.8. The standard InChI is InChI=1S/C19H18N2O2/c22-13-15-10-8-14(9-11-15)12-20-19(23)21-18-7-3-5-16-4-1-2-6-17(16)18/h1-11,22H,12-13H2,(H2,20,21,23). The number of nitrogens with one attached hydrogen (secondary N) is 2. The molecule has 4 nitrogen and oxygen atoms in total. The lowest BCUT2D eigenvalue weighted by Crippen LogP contribution is -2.28. The number of hydrogen-bond acceptors (Lipinski definition) is 2. The summed E-state index contributed by atoms with van der Waals surface area (Å²) < 4.78 is 0. The Balaban J connectivity index is 1.64.